The minimum atomic E-state index is 1.09. The van der Waals surface area contributed by atoms with E-state index in [0.717, 1.165) is 34.1 Å². The summed E-state index contributed by atoms with van der Waals surface area (Å²) >= 11 is 3.74. The Hall–Kier alpha value is -8.02. The van der Waals surface area contributed by atoms with E-state index in [1.807, 2.05) is 22.7 Å². The molecule has 11 aromatic carbocycles. The van der Waals surface area contributed by atoms with E-state index < -0.39 is 0 Å². The summed E-state index contributed by atoms with van der Waals surface area (Å²) in [4.78, 5) is 4.90. The second-order valence-corrected chi connectivity index (χ2v) is 19.1. The standard InChI is InChI=1S/C62H40N2S2/c1-5-15-41(16-6-1)44-26-31-53-55-33-28-48(39-61(55)65-59(53)35-44)63(46-20-9-3-10-21-46)50-37-57-51-24-14-13-19-43(51)25-30-52(57)58(38-50)64(47-22-11-4-12-23-47)49-29-34-56-54-32-27-45(42-17-7-2-8-18-42)36-60(54)66-62(56)40-49/h1-40H. The summed E-state index contributed by atoms with van der Waals surface area (Å²) in [6.07, 6.45) is 0. The van der Waals surface area contributed by atoms with Crippen LogP contribution in [0.4, 0.5) is 34.1 Å². The maximum Gasteiger partial charge on any atom is 0.0561 e. The summed E-state index contributed by atoms with van der Waals surface area (Å²) in [5, 5.41) is 9.97. The lowest BCUT2D eigenvalue weighted by Crippen LogP contribution is -2.14. The third-order valence-corrected chi connectivity index (χ3v) is 15.2. The van der Waals surface area contributed by atoms with E-state index in [1.54, 1.807) is 0 Å². The Morgan fingerprint density at radius 1 is 0.227 bits per heavy atom. The highest BCUT2D eigenvalue weighted by atomic mass is 32.1. The first-order valence-electron chi connectivity index (χ1n) is 22.4. The molecule has 0 unspecified atom stereocenters. The van der Waals surface area contributed by atoms with Gasteiger partial charge in [0.05, 0.1) is 5.69 Å². The van der Waals surface area contributed by atoms with Crippen LogP contribution >= 0.6 is 22.7 Å². The molecule has 0 saturated carbocycles. The van der Waals surface area contributed by atoms with Crippen LogP contribution in [0.3, 0.4) is 0 Å². The maximum atomic E-state index is 2.46. The number of anilines is 6. The van der Waals surface area contributed by atoms with Gasteiger partial charge in [-0.25, -0.2) is 0 Å². The summed E-state index contributed by atoms with van der Waals surface area (Å²) < 4.78 is 5.11. The van der Waals surface area contributed by atoms with Crippen molar-refractivity contribution in [2.75, 3.05) is 9.80 Å². The molecule has 4 heteroatoms. The summed E-state index contributed by atoms with van der Waals surface area (Å²) in [7, 11) is 0. The normalized spacial score (nSPS) is 11.6. The van der Waals surface area contributed by atoms with Crippen LogP contribution in [0.5, 0.6) is 0 Å². The number of hydrogen-bond donors (Lipinski definition) is 0. The lowest BCUT2D eigenvalue weighted by atomic mass is 9.98. The van der Waals surface area contributed by atoms with Gasteiger partial charge < -0.3 is 9.80 Å². The van der Waals surface area contributed by atoms with Crippen LogP contribution in [0, 0.1) is 0 Å². The maximum absolute atomic E-state index is 2.46. The highest BCUT2D eigenvalue weighted by Gasteiger charge is 2.23. The second kappa shape index (κ2) is 15.9. The van der Waals surface area contributed by atoms with Gasteiger partial charge in [0, 0.05) is 74.2 Å². The Balaban J connectivity index is 1.02. The molecule has 2 aromatic heterocycles. The molecule has 0 radical (unpaired) electrons. The lowest BCUT2D eigenvalue weighted by molar-refractivity contribution is 1.27. The number of para-hydroxylation sites is 2. The third-order valence-electron chi connectivity index (χ3n) is 13.0. The molecule has 0 fully saturated rings. The molecule has 0 saturated heterocycles. The molecule has 2 heterocycles. The largest absolute Gasteiger partial charge is 0.310 e. The topological polar surface area (TPSA) is 6.48 Å². The zero-order valence-corrected chi connectivity index (χ0v) is 37.4. The average Bonchev–Trinajstić information content (AvgIpc) is 3.94. The van der Waals surface area contributed by atoms with E-state index in [9.17, 15) is 0 Å². The lowest BCUT2D eigenvalue weighted by Gasteiger charge is -2.31. The van der Waals surface area contributed by atoms with Gasteiger partial charge in [-0.15, -0.1) is 22.7 Å². The van der Waals surface area contributed by atoms with Crippen LogP contribution < -0.4 is 9.80 Å². The summed E-state index contributed by atoms with van der Waals surface area (Å²) in [5.41, 5.74) is 11.6. The van der Waals surface area contributed by atoms with Crippen molar-refractivity contribution in [2.24, 2.45) is 0 Å². The number of rotatable bonds is 8. The molecule has 0 aliphatic heterocycles. The predicted molar refractivity (Wildman–Crippen MR) is 287 cm³/mol. The van der Waals surface area contributed by atoms with Crippen LogP contribution in [0.25, 0.3) is 84.1 Å². The van der Waals surface area contributed by atoms with Gasteiger partial charge in [-0.1, -0.05) is 170 Å². The van der Waals surface area contributed by atoms with Crippen molar-refractivity contribution < 1.29 is 0 Å². The number of fused-ring (bicyclic) bond motifs is 9. The Bertz CT molecular complexity index is 3930. The number of hydrogen-bond acceptors (Lipinski definition) is 4. The van der Waals surface area contributed by atoms with Gasteiger partial charge in [0.25, 0.3) is 0 Å². The molecule has 0 bridgehead atoms. The smallest absolute Gasteiger partial charge is 0.0561 e. The van der Waals surface area contributed by atoms with Gasteiger partial charge >= 0.3 is 0 Å². The highest BCUT2D eigenvalue weighted by molar-refractivity contribution is 7.26. The Labute approximate surface area is 391 Å². The first-order valence-corrected chi connectivity index (χ1v) is 24.0. The van der Waals surface area contributed by atoms with Crippen molar-refractivity contribution in [3.8, 4) is 22.3 Å². The molecule has 0 aliphatic carbocycles. The number of nitrogens with zero attached hydrogens (tertiary/aromatic N) is 2. The van der Waals surface area contributed by atoms with Crippen LogP contribution in [0.1, 0.15) is 0 Å². The molecule has 0 N–H and O–H groups in total. The Morgan fingerprint density at radius 2 is 0.667 bits per heavy atom. The van der Waals surface area contributed by atoms with Gasteiger partial charge in [0.1, 0.15) is 0 Å². The summed E-state index contributed by atoms with van der Waals surface area (Å²) in [6.45, 7) is 0. The molecule has 66 heavy (non-hydrogen) atoms. The first kappa shape index (κ1) is 38.4. The molecule has 13 aromatic rings. The van der Waals surface area contributed by atoms with Crippen molar-refractivity contribution in [2.45, 2.75) is 0 Å². The van der Waals surface area contributed by atoms with Crippen molar-refractivity contribution in [3.05, 3.63) is 243 Å². The highest BCUT2D eigenvalue weighted by Crippen LogP contribution is 2.48. The fourth-order valence-electron chi connectivity index (χ4n) is 9.85. The van der Waals surface area contributed by atoms with E-state index in [1.165, 1.54) is 84.1 Å². The summed E-state index contributed by atoms with van der Waals surface area (Å²) in [6, 6.07) is 89.1. The zero-order chi connectivity index (χ0) is 43.6. The summed E-state index contributed by atoms with van der Waals surface area (Å²) in [5.74, 6) is 0. The molecule has 13 rings (SSSR count). The molecule has 0 spiro atoms. The van der Waals surface area contributed by atoms with Crippen LogP contribution in [-0.2, 0) is 0 Å². The van der Waals surface area contributed by atoms with Crippen molar-refractivity contribution >= 4 is 119 Å². The molecule has 2 nitrogen and oxygen atoms in total. The Morgan fingerprint density at radius 3 is 1.23 bits per heavy atom. The van der Waals surface area contributed by atoms with E-state index in [-0.39, 0.29) is 0 Å². The molecule has 310 valence electrons. The Kier molecular flexibility index (Phi) is 9.26. The van der Waals surface area contributed by atoms with Crippen molar-refractivity contribution in [1.82, 2.24) is 0 Å². The van der Waals surface area contributed by atoms with Gasteiger partial charge in [-0.3, -0.25) is 0 Å². The molecular formula is C62H40N2S2. The van der Waals surface area contributed by atoms with Gasteiger partial charge in [0.15, 0.2) is 0 Å². The van der Waals surface area contributed by atoms with E-state index in [2.05, 4.69) is 252 Å². The second-order valence-electron chi connectivity index (χ2n) is 16.9. The van der Waals surface area contributed by atoms with Gasteiger partial charge in [-0.2, -0.15) is 0 Å². The van der Waals surface area contributed by atoms with Crippen molar-refractivity contribution in [3.63, 3.8) is 0 Å². The van der Waals surface area contributed by atoms with Crippen LogP contribution in [0.15, 0.2) is 243 Å². The fourth-order valence-corrected chi connectivity index (χ4v) is 12.2. The SMILES string of the molecule is c1ccc(-c2ccc3c(c2)sc2cc(N(c4ccccc4)c4cc(N(c5ccccc5)c5ccc6c(c5)sc5cc(-c7ccccc7)ccc56)c5ccc6ccccc6c5c4)ccc23)cc1. The molecule has 0 atom stereocenters. The van der Waals surface area contributed by atoms with E-state index in [0.29, 0.717) is 0 Å². The zero-order valence-electron chi connectivity index (χ0n) is 35.8. The quantitative estimate of drug-likeness (QED) is 0.140. The fraction of sp³-hybridized carbons (Fsp3) is 0. The number of thiophene rings is 2. The minimum absolute atomic E-state index is 1.09. The van der Waals surface area contributed by atoms with Gasteiger partial charge in [-0.05, 0) is 111 Å². The average molecular weight is 877 g/mol. The first-order chi connectivity index (χ1) is 32.7. The van der Waals surface area contributed by atoms with E-state index in [4.69, 9.17) is 0 Å². The third kappa shape index (κ3) is 6.61. The monoisotopic (exact) mass is 876 g/mol. The predicted octanol–water partition coefficient (Wildman–Crippen LogP) is 19.0. The van der Waals surface area contributed by atoms with Crippen molar-refractivity contribution in [1.29, 1.82) is 0 Å². The minimum Gasteiger partial charge on any atom is -0.310 e. The molecule has 0 amide bonds. The molecular weight excluding hydrogens is 837 g/mol. The van der Waals surface area contributed by atoms with Gasteiger partial charge in [0.2, 0.25) is 0 Å². The van der Waals surface area contributed by atoms with Crippen LogP contribution in [-0.4, -0.2) is 0 Å². The number of benzene rings is 11. The van der Waals surface area contributed by atoms with E-state index >= 15 is 0 Å². The molecule has 0 aliphatic rings. The van der Waals surface area contributed by atoms with Crippen LogP contribution in [0.2, 0.25) is 0 Å².